The second-order valence-corrected chi connectivity index (χ2v) is 7.05. The summed E-state index contributed by atoms with van der Waals surface area (Å²) < 4.78 is 32.2. The summed E-state index contributed by atoms with van der Waals surface area (Å²) in [4.78, 5) is 14.3. The molecule has 7 heteroatoms. The lowest BCUT2D eigenvalue weighted by atomic mass is 10.1. The van der Waals surface area contributed by atoms with Crippen LogP contribution in [-0.4, -0.2) is 30.0 Å². The molecule has 1 amide bonds. The number of nitrogens with zero attached hydrogens (tertiary/aromatic N) is 1. The summed E-state index contributed by atoms with van der Waals surface area (Å²) in [6.45, 7) is 1.12. The van der Waals surface area contributed by atoms with E-state index in [1.54, 1.807) is 23.1 Å². The Hall–Kier alpha value is -1.69. The molecule has 1 aliphatic rings. The van der Waals surface area contributed by atoms with Gasteiger partial charge in [0.15, 0.2) is 0 Å². The van der Waals surface area contributed by atoms with E-state index in [4.69, 9.17) is 27.9 Å². The molecule has 3 rings (SSSR count). The summed E-state index contributed by atoms with van der Waals surface area (Å²) in [5.74, 6) is -1.42. The molecule has 1 fully saturated rings. The van der Waals surface area contributed by atoms with Gasteiger partial charge in [0.05, 0.1) is 22.8 Å². The van der Waals surface area contributed by atoms with Gasteiger partial charge in [-0.2, -0.15) is 0 Å². The Kier molecular flexibility index (Phi) is 6.12. The van der Waals surface area contributed by atoms with Gasteiger partial charge in [0, 0.05) is 24.7 Å². The molecule has 1 saturated heterocycles. The number of carbonyl (C=O) groups excluding carboxylic acids is 1. The van der Waals surface area contributed by atoms with Crippen LogP contribution in [0.5, 0.6) is 0 Å². The molecule has 0 saturated carbocycles. The van der Waals surface area contributed by atoms with Crippen LogP contribution in [0, 0.1) is 11.6 Å². The first-order chi connectivity index (χ1) is 12.4. The van der Waals surface area contributed by atoms with Crippen molar-refractivity contribution in [1.29, 1.82) is 0 Å². The van der Waals surface area contributed by atoms with Gasteiger partial charge in [-0.05, 0) is 48.7 Å². The molecule has 3 nitrogen and oxygen atoms in total. The van der Waals surface area contributed by atoms with E-state index in [1.807, 2.05) is 0 Å². The maximum atomic E-state index is 13.2. The fourth-order valence-electron chi connectivity index (χ4n) is 2.98. The van der Waals surface area contributed by atoms with Crippen LogP contribution in [-0.2, 0) is 11.3 Å². The minimum absolute atomic E-state index is 0.0914. The molecule has 1 aliphatic heterocycles. The first-order valence-corrected chi connectivity index (χ1v) is 8.99. The van der Waals surface area contributed by atoms with E-state index >= 15 is 0 Å². The molecule has 1 atom stereocenters. The van der Waals surface area contributed by atoms with Crippen molar-refractivity contribution in [3.8, 4) is 0 Å². The summed E-state index contributed by atoms with van der Waals surface area (Å²) in [6.07, 6.45) is 1.37. The Morgan fingerprint density at radius 2 is 1.85 bits per heavy atom. The van der Waals surface area contributed by atoms with Gasteiger partial charge in [-0.15, -0.1) is 0 Å². The molecule has 0 radical (unpaired) electrons. The summed E-state index contributed by atoms with van der Waals surface area (Å²) in [6, 6.07) is 8.08. The fraction of sp³-hybridized carbons (Fsp3) is 0.316. The SMILES string of the molecule is O=C(c1ccc(Cl)c(Cl)c1)N1CCCC(OCc2cc(F)cc(F)c2)C1. The lowest BCUT2D eigenvalue weighted by Crippen LogP contribution is -2.43. The summed E-state index contributed by atoms with van der Waals surface area (Å²) in [7, 11) is 0. The highest BCUT2D eigenvalue weighted by atomic mass is 35.5. The van der Waals surface area contributed by atoms with Crippen LogP contribution >= 0.6 is 23.2 Å². The number of amides is 1. The predicted octanol–water partition coefficient (Wildman–Crippen LogP) is 5.09. The van der Waals surface area contributed by atoms with Crippen LogP contribution in [0.15, 0.2) is 36.4 Å². The molecule has 0 aromatic heterocycles. The average Bonchev–Trinajstić information content (AvgIpc) is 2.61. The van der Waals surface area contributed by atoms with Gasteiger partial charge in [0.2, 0.25) is 0 Å². The van der Waals surface area contributed by atoms with Gasteiger partial charge in [-0.25, -0.2) is 8.78 Å². The van der Waals surface area contributed by atoms with Gasteiger partial charge >= 0.3 is 0 Å². The molecule has 2 aromatic rings. The molecule has 0 N–H and O–H groups in total. The molecule has 0 bridgehead atoms. The second kappa shape index (κ2) is 8.33. The lowest BCUT2D eigenvalue weighted by molar-refractivity contribution is -0.00686. The maximum Gasteiger partial charge on any atom is 0.253 e. The van der Waals surface area contributed by atoms with E-state index < -0.39 is 11.6 Å². The molecule has 1 unspecified atom stereocenters. The van der Waals surface area contributed by atoms with E-state index in [2.05, 4.69) is 0 Å². The Balaban J connectivity index is 1.61. The van der Waals surface area contributed by atoms with Crippen LogP contribution in [0.25, 0.3) is 0 Å². The van der Waals surface area contributed by atoms with Crippen LogP contribution in [0.2, 0.25) is 10.0 Å². The molecule has 26 heavy (non-hydrogen) atoms. The third-order valence-electron chi connectivity index (χ3n) is 4.24. The Bertz CT molecular complexity index is 796. The number of ether oxygens (including phenoxy) is 1. The molecule has 2 aromatic carbocycles. The van der Waals surface area contributed by atoms with Crippen molar-refractivity contribution in [2.24, 2.45) is 0 Å². The van der Waals surface area contributed by atoms with Crippen molar-refractivity contribution in [3.05, 3.63) is 69.2 Å². The molecular formula is C19H17Cl2F2NO2. The third kappa shape index (κ3) is 4.72. The van der Waals surface area contributed by atoms with Gasteiger partial charge in [0.25, 0.3) is 5.91 Å². The molecule has 0 aliphatic carbocycles. The van der Waals surface area contributed by atoms with E-state index in [9.17, 15) is 13.6 Å². The van der Waals surface area contributed by atoms with Crippen molar-refractivity contribution in [3.63, 3.8) is 0 Å². The quantitative estimate of drug-likeness (QED) is 0.716. The monoisotopic (exact) mass is 399 g/mol. The zero-order valence-electron chi connectivity index (χ0n) is 13.9. The van der Waals surface area contributed by atoms with Gasteiger partial charge in [-0.1, -0.05) is 23.2 Å². The molecule has 138 valence electrons. The van der Waals surface area contributed by atoms with Crippen molar-refractivity contribution in [1.82, 2.24) is 4.90 Å². The van der Waals surface area contributed by atoms with E-state index in [-0.39, 0.29) is 18.6 Å². The normalized spacial score (nSPS) is 17.4. The number of hydrogen-bond acceptors (Lipinski definition) is 2. The summed E-state index contributed by atoms with van der Waals surface area (Å²) in [5.41, 5.74) is 0.891. The minimum Gasteiger partial charge on any atom is -0.372 e. The van der Waals surface area contributed by atoms with E-state index in [1.165, 1.54) is 12.1 Å². The Labute approximate surface area is 160 Å². The summed E-state index contributed by atoms with van der Waals surface area (Å²) in [5, 5.41) is 0.723. The average molecular weight is 400 g/mol. The third-order valence-corrected chi connectivity index (χ3v) is 4.98. The van der Waals surface area contributed by atoms with Gasteiger partial charge in [-0.3, -0.25) is 4.79 Å². The van der Waals surface area contributed by atoms with Crippen LogP contribution in [0.1, 0.15) is 28.8 Å². The van der Waals surface area contributed by atoms with Crippen molar-refractivity contribution >= 4 is 29.1 Å². The maximum absolute atomic E-state index is 13.2. The van der Waals surface area contributed by atoms with E-state index in [0.29, 0.717) is 34.3 Å². The topological polar surface area (TPSA) is 29.5 Å². The molecular weight excluding hydrogens is 383 g/mol. The van der Waals surface area contributed by atoms with Crippen LogP contribution in [0.4, 0.5) is 8.78 Å². The molecule has 0 spiro atoms. The highest BCUT2D eigenvalue weighted by molar-refractivity contribution is 6.42. The zero-order chi connectivity index (χ0) is 18.7. The lowest BCUT2D eigenvalue weighted by Gasteiger charge is -2.32. The van der Waals surface area contributed by atoms with E-state index in [0.717, 1.165) is 18.9 Å². The highest BCUT2D eigenvalue weighted by Gasteiger charge is 2.25. The number of hydrogen-bond donors (Lipinski definition) is 0. The van der Waals surface area contributed by atoms with Gasteiger partial charge in [0.1, 0.15) is 11.6 Å². The van der Waals surface area contributed by atoms with Crippen molar-refractivity contribution < 1.29 is 18.3 Å². The van der Waals surface area contributed by atoms with Crippen LogP contribution in [0.3, 0.4) is 0 Å². The van der Waals surface area contributed by atoms with Crippen LogP contribution < -0.4 is 0 Å². The fourth-order valence-corrected chi connectivity index (χ4v) is 3.28. The molecule has 1 heterocycles. The largest absolute Gasteiger partial charge is 0.372 e. The predicted molar refractivity (Wildman–Crippen MR) is 96.5 cm³/mol. The highest BCUT2D eigenvalue weighted by Crippen LogP contribution is 2.24. The standard InChI is InChI=1S/C19H17Cl2F2NO2/c20-17-4-3-13(8-18(17)21)19(25)24-5-1-2-16(10-24)26-11-12-6-14(22)9-15(23)7-12/h3-4,6-9,16H,1-2,5,10-11H2. The Morgan fingerprint density at radius 1 is 1.12 bits per heavy atom. The summed E-state index contributed by atoms with van der Waals surface area (Å²) >= 11 is 11.9. The number of carbonyl (C=O) groups is 1. The smallest absolute Gasteiger partial charge is 0.253 e. The number of benzene rings is 2. The van der Waals surface area contributed by atoms with Gasteiger partial charge < -0.3 is 9.64 Å². The first kappa shape index (κ1) is 19.1. The van der Waals surface area contributed by atoms with Crippen molar-refractivity contribution in [2.45, 2.75) is 25.6 Å². The number of rotatable bonds is 4. The Morgan fingerprint density at radius 3 is 2.54 bits per heavy atom. The number of likely N-dealkylation sites (tertiary alicyclic amines) is 1. The number of halogens is 4. The minimum atomic E-state index is -0.635. The zero-order valence-corrected chi connectivity index (χ0v) is 15.4. The number of piperidine rings is 1. The first-order valence-electron chi connectivity index (χ1n) is 8.23. The second-order valence-electron chi connectivity index (χ2n) is 6.23. The van der Waals surface area contributed by atoms with Crippen molar-refractivity contribution in [2.75, 3.05) is 13.1 Å².